The second-order valence-corrected chi connectivity index (χ2v) is 6.18. The van der Waals surface area contributed by atoms with Crippen molar-refractivity contribution in [1.29, 1.82) is 0 Å². The molecule has 1 saturated carbocycles. The topological polar surface area (TPSA) is 34.9 Å². The molecule has 2 atom stereocenters. The molecule has 1 aromatic heterocycles. The Balaban J connectivity index is 2.10. The Kier molecular flexibility index (Phi) is 5.25. The summed E-state index contributed by atoms with van der Waals surface area (Å²) in [6.45, 7) is 7.07. The average Bonchev–Trinajstić information content (AvgIpc) is 3.05. The third kappa shape index (κ3) is 3.08. The zero-order valence-electron chi connectivity index (χ0n) is 12.8. The van der Waals surface area contributed by atoms with Gasteiger partial charge in [0.2, 0.25) is 0 Å². The number of carbonyl (C=O) groups is 1. The first-order chi connectivity index (χ1) is 9.60. The molecule has 0 aromatic carbocycles. The van der Waals surface area contributed by atoms with E-state index in [-0.39, 0.29) is 5.92 Å². The maximum Gasteiger partial charge on any atom is 0.141 e. The zero-order valence-corrected chi connectivity index (χ0v) is 13.5. The van der Waals surface area contributed by atoms with Crippen molar-refractivity contribution in [1.82, 2.24) is 9.78 Å². The van der Waals surface area contributed by atoms with E-state index in [4.69, 9.17) is 11.6 Å². The Hall–Kier alpha value is -0.830. The van der Waals surface area contributed by atoms with Gasteiger partial charge in [-0.25, -0.2) is 0 Å². The highest BCUT2D eigenvalue weighted by Gasteiger charge is 2.30. The summed E-state index contributed by atoms with van der Waals surface area (Å²) in [5.74, 6) is 1.32. The van der Waals surface area contributed by atoms with Crippen molar-refractivity contribution >= 4 is 17.4 Å². The van der Waals surface area contributed by atoms with Crippen LogP contribution in [0.2, 0.25) is 5.02 Å². The van der Waals surface area contributed by atoms with Crippen molar-refractivity contribution in [2.24, 2.45) is 11.8 Å². The smallest absolute Gasteiger partial charge is 0.141 e. The Labute approximate surface area is 126 Å². The van der Waals surface area contributed by atoms with Gasteiger partial charge in [0.25, 0.3) is 0 Å². The molecule has 0 aliphatic heterocycles. The molecule has 1 aliphatic rings. The molecular weight excluding hydrogens is 272 g/mol. The van der Waals surface area contributed by atoms with Gasteiger partial charge in [-0.2, -0.15) is 5.10 Å². The summed E-state index contributed by atoms with van der Waals surface area (Å²) in [5.41, 5.74) is 1.82. The first kappa shape index (κ1) is 15.6. The molecule has 0 amide bonds. The van der Waals surface area contributed by atoms with Gasteiger partial charge in [0, 0.05) is 12.5 Å². The molecule has 20 heavy (non-hydrogen) atoms. The molecule has 2 unspecified atom stereocenters. The number of ketones is 1. The van der Waals surface area contributed by atoms with Gasteiger partial charge in [-0.05, 0) is 38.5 Å². The summed E-state index contributed by atoms with van der Waals surface area (Å²) in [6, 6.07) is 0. The van der Waals surface area contributed by atoms with E-state index in [2.05, 4.69) is 12.0 Å². The number of aromatic nitrogens is 2. The summed E-state index contributed by atoms with van der Waals surface area (Å²) in [4.78, 5) is 12.5. The molecule has 0 N–H and O–H groups in total. The Morgan fingerprint density at radius 1 is 1.35 bits per heavy atom. The summed E-state index contributed by atoms with van der Waals surface area (Å²) >= 11 is 6.38. The number of rotatable bonds is 6. The van der Waals surface area contributed by atoms with Crippen LogP contribution in [0.4, 0.5) is 0 Å². The summed E-state index contributed by atoms with van der Waals surface area (Å²) in [7, 11) is 0. The minimum Gasteiger partial charge on any atom is -0.299 e. The summed E-state index contributed by atoms with van der Waals surface area (Å²) in [5, 5.41) is 5.19. The SMILES string of the molecule is CCc1nn(CC)c(CC(=O)C2CCC(CC)C2)c1Cl. The molecule has 112 valence electrons. The highest BCUT2D eigenvalue weighted by Crippen LogP contribution is 2.34. The Morgan fingerprint density at radius 2 is 2.10 bits per heavy atom. The van der Waals surface area contributed by atoms with Crippen molar-refractivity contribution in [2.75, 3.05) is 0 Å². The first-order valence-electron chi connectivity index (χ1n) is 7.87. The molecule has 0 saturated heterocycles. The monoisotopic (exact) mass is 296 g/mol. The van der Waals surface area contributed by atoms with Gasteiger partial charge >= 0.3 is 0 Å². The highest BCUT2D eigenvalue weighted by molar-refractivity contribution is 6.32. The molecule has 1 aromatic rings. The van der Waals surface area contributed by atoms with Crippen LogP contribution in [0, 0.1) is 11.8 Å². The number of nitrogens with zero attached hydrogens (tertiary/aromatic N) is 2. The molecule has 0 radical (unpaired) electrons. The van der Waals surface area contributed by atoms with E-state index in [1.54, 1.807) is 0 Å². The summed E-state index contributed by atoms with van der Waals surface area (Å²) in [6.07, 6.45) is 5.77. The average molecular weight is 297 g/mol. The normalized spacial score (nSPS) is 22.4. The van der Waals surface area contributed by atoms with Crippen LogP contribution in [0.5, 0.6) is 0 Å². The fourth-order valence-electron chi connectivity index (χ4n) is 3.23. The number of halogens is 1. The maximum atomic E-state index is 12.5. The van der Waals surface area contributed by atoms with Crippen LogP contribution in [-0.4, -0.2) is 15.6 Å². The molecule has 3 nitrogen and oxygen atoms in total. The van der Waals surface area contributed by atoms with Gasteiger partial charge < -0.3 is 0 Å². The van der Waals surface area contributed by atoms with Crippen molar-refractivity contribution in [3.05, 3.63) is 16.4 Å². The zero-order chi connectivity index (χ0) is 14.7. The van der Waals surface area contributed by atoms with Crippen LogP contribution < -0.4 is 0 Å². The molecule has 1 heterocycles. The largest absolute Gasteiger partial charge is 0.299 e. The lowest BCUT2D eigenvalue weighted by atomic mass is 9.96. The van der Waals surface area contributed by atoms with Gasteiger partial charge in [0.05, 0.1) is 22.8 Å². The van der Waals surface area contributed by atoms with E-state index in [0.717, 1.165) is 43.1 Å². The minimum absolute atomic E-state index is 0.237. The van der Waals surface area contributed by atoms with Gasteiger partial charge in [0.15, 0.2) is 0 Å². The lowest BCUT2D eigenvalue weighted by Crippen LogP contribution is -2.17. The standard InChI is InChI=1S/C16H25ClN2O/c1-4-11-7-8-12(9-11)15(20)10-14-16(17)13(5-2)18-19(14)6-3/h11-12H,4-10H2,1-3H3. The molecule has 0 bridgehead atoms. The third-order valence-corrected chi connectivity index (χ3v) is 5.05. The van der Waals surface area contributed by atoms with Crippen LogP contribution in [0.25, 0.3) is 0 Å². The Morgan fingerprint density at radius 3 is 2.65 bits per heavy atom. The number of Topliss-reactive ketones (excluding diaryl/α,β-unsaturated/α-hetero) is 1. The van der Waals surface area contributed by atoms with E-state index >= 15 is 0 Å². The number of hydrogen-bond acceptors (Lipinski definition) is 2. The minimum atomic E-state index is 0.237. The predicted octanol–water partition coefficient (Wildman–Crippen LogP) is 4.06. The molecule has 1 aliphatic carbocycles. The molecule has 0 spiro atoms. The van der Waals surface area contributed by atoms with Crippen LogP contribution in [-0.2, 0) is 24.2 Å². The van der Waals surface area contributed by atoms with Gasteiger partial charge in [0.1, 0.15) is 5.78 Å². The predicted molar refractivity (Wildman–Crippen MR) is 82.1 cm³/mol. The van der Waals surface area contributed by atoms with Crippen LogP contribution >= 0.6 is 11.6 Å². The molecular formula is C16H25ClN2O. The number of hydrogen-bond donors (Lipinski definition) is 0. The second-order valence-electron chi connectivity index (χ2n) is 5.80. The second kappa shape index (κ2) is 6.75. The lowest BCUT2D eigenvalue weighted by molar-refractivity contribution is -0.122. The fraction of sp³-hybridized carbons (Fsp3) is 0.750. The van der Waals surface area contributed by atoms with Crippen LogP contribution in [0.3, 0.4) is 0 Å². The maximum absolute atomic E-state index is 12.5. The van der Waals surface area contributed by atoms with E-state index in [1.165, 1.54) is 12.8 Å². The van der Waals surface area contributed by atoms with Crippen molar-refractivity contribution in [2.45, 2.75) is 65.8 Å². The highest BCUT2D eigenvalue weighted by atomic mass is 35.5. The van der Waals surface area contributed by atoms with Crippen LogP contribution in [0.15, 0.2) is 0 Å². The summed E-state index contributed by atoms with van der Waals surface area (Å²) < 4.78 is 1.89. The van der Waals surface area contributed by atoms with E-state index in [9.17, 15) is 4.79 Å². The van der Waals surface area contributed by atoms with Crippen molar-refractivity contribution in [3.63, 3.8) is 0 Å². The van der Waals surface area contributed by atoms with E-state index in [0.29, 0.717) is 17.2 Å². The van der Waals surface area contributed by atoms with Crippen molar-refractivity contribution < 1.29 is 4.79 Å². The fourth-order valence-corrected chi connectivity index (χ4v) is 3.57. The van der Waals surface area contributed by atoms with Gasteiger partial charge in [-0.3, -0.25) is 9.48 Å². The molecule has 2 rings (SSSR count). The van der Waals surface area contributed by atoms with Gasteiger partial charge in [-0.1, -0.05) is 31.9 Å². The van der Waals surface area contributed by atoms with Gasteiger partial charge in [-0.15, -0.1) is 0 Å². The third-order valence-electron chi connectivity index (χ3n) is 4.61. The first-order valence-corrected chi connectivity index (χ1v) is 8.25. The number of carbonyl (C=O) groups excluding carboxylic acids is 1. The lowest BCUT2D eigenvalue weighted by Gasteiger charge is -2.10. The number of aryl methyl sites for hydroxylation is 2. The molecule has 1 fully saturated rings. The van der Waals surface area contributed by atoms with Crippen LogP contribution in [0.1, 0.15) is 57.8 Å². The van der Waals surface area contributed by atoms with E-state index in [1.807, 2.05) is 18.5 Å². The van der Waals surface area contributed by atoms with E-state index < -0.39 is 0 Å². The Bertz CT molecular complexity index is 481. The molecule has 4 heteroatoms. The van der Waals surface area contributed by atoms with Crippen molar-refractivity contribution in [3.8, 4) is 0 Å². The quantitative estimate of drug-likeness (QED) is 0.793.